The van der Waals surface area contributed by atoms with Crippen molar-refractivity contribution >= 4 is 17.4 Å². The number of carbonyl (C=O) groups is 1. The highest BCUT2D eigenvalue weighted by Gasteiger charge is 2.12. The number of aliphatic hydroxyl groups is 1. The molecular weight excluding hydrogens is 329 g/mol. The van der Waals surface area contributed by atoms with Crippen LogP contribution in [0.3, 0.4) is 0 Å². The van der Waals surface area contributed by atoms with Gasteiger partial charge in [0.05, 0.1) is 0 Å². The van der Waals surface area contributed by atoms with Crippen LogP contribution in [0, 0.1) is 5.82 Å². The molecule has 0 saturated heterocycles. The van der Waals surface area contributed by atoms with Crippen molar-refractivity contribution in [3.05, 3.63) is 82.7 Å². The number of carbonyl (C=O) groups excluding carboxylic acids is 1. The summed E-state index contributed by atoms with van der Waals surface area (Å²) >= 11 is 0. The van der Waals surface area contributed by atoms with E-state index in [1.54, 1.807) is 12.1 Å². The minimum atomic E-state index is -0.540. The lowest BCUT2D eigenvalue weighted by molar-refractivity contribution is -0.117. The first kappa shape index (κ1) is 18.2. The summed E-state index contributed by atoms with van der Waals surface area (Å²) in [5.41, 5.74) is 5.24. The molecule has 0 heterocycles. The standard InChI is InChI=1S/C22H22FNO2/c23-22-13-16(6-10-20(26)15-25)5-7-19(22)14-24-12-11-18-9-8-17-3-1-2-4-21(17)18/h1-7,9-10,13,24-25H,8,11-12,14-15H2/b10-6+. The molecular formula is C22H22FNO2. The number of fused-ring (bicyclic) bond motifs is 1. The summed E-state index contributed by atoms with van der Waals surface area (Å²) in [6, 6.07) is 13.3. The van der Waals surface area contributed by atoms with Crippen LogP contribution in [0.15, 0.2) is 54.6 Å². The van der Waals surface area contributed by atoms with Crippen LogP contribution in [0.2, 0.25) is 0 Å². The molecule has 0 aromatic heterocycles. The number of hydrogen-bond acceptors (Lipinski definition) is 3. The number of hydrogen-bond donors (Lipinski definition) is 2. The van der Waals surface area contributed by atoms with Gasteiger partial charge < -0.3 is 10.4 Å². The Morgan fingerprint density at radius 1 is 1.23 bits per heavy atom. The van der Waals surface area contributed by atoms with Gasteiger partial charge >= 0.3 is 0 Å². The van der Waals surface area contributed by atoms with E-state index in [1.807, 2.05) is 0 Å². The van der Waals surface area contributed by atoms with Crippen LogP contribution in [-0.2, 0) is 17.8 Å². The highest BCUT2D eigenvalue weighted by molar-refractivity contribution is 5.94. The monoisotopic (exact) mass is 351 g/mol. The average molecular weight is 351 g/mol. The number of ketones is 1. The first-order chi connectivity index (χ1) is 12.7. The molecule has 0 amide bonds. The predicted molar refractivity (Wildman–Crippen MR) is 102 cm³/mol. The summed E-state index contributed by atoms with van der Waals surface area (Å²) in [5, 5.41) is 12.0. The molecule has 0 radical (unpaired) electrons. The fourth-order valence-electron chi connectivity index (χ4n) is 3.09. The van der Waals surface area contributed by atoms with Crippen LogP contribution < -0.4 is 5.32 Å². The zero-order valence-corrected chi connectivity index (χ0v) is 14.5. The van der Waals surface area contributed by atoms with Crippen molar-refractivity contribution in [2.45, 2.75) is 19.4 Å². The zero-order valence-electron chi connectivity index (χ0n) is 14.5. The molecule has 0 aliphatic heterocycles. The third kappa shape index (κ3) is 4.54. The van der Waals surface area contributed by atoms with Gasteiger partial charge in [-0.25, -0.2) is 4.39 Å². The maximum atomic E-state index is 14.2. The first-order valence-corrected chi connectivity index (χ1v) is 8.75. The summed E-state index contributed by atoms with van der Waals surface area (Å²) < 4.78 is 14.2. The second kappa shape index (κ2) is 8.70. The zero-order chi connectivity index (χ0) is 18.4. The molecule has 134 valence electrons. The van der Waals surface area contributed by atoms with Gasteiger partial charge in [-0.15, -0.1) is 0 Å². The van der Waals surface area contributed by atoms with Crippen LogP contribution in [0.1, 0.15) is 28.7 Å². The van der Waals surface area contributed by atoms with Gasteiger partial charge in [-0.3, -0.25) is 4.79 Å². The van der Waals surface area contributed by atoms with Crippen molar-refractivity contribution in [3.63, 3.8) is 0 Å². The minimum Gasteiger partial charge on any atom is -0.388 e. The molecule has 0 spiro atoms. The van der Waals surface area contributed by atoms with Gasteiger partial charge in [0, 0.05) is 12.1 Å². The van der Waals surface area contributed by atoms with Crippen molar-refractivity contribution < 1.29 is 14.3 Å². The average Bonchev–Trinajstić information content (AvgIpc) is 3.07. The number of halogens is 1. The second-order valence-corrected chi connectivity index (χ2v) is 6.33. The van der Waals surface area contributed by atoms with Crippen LogP contribution in [0.25, 0.3) is 11.6 Å². The van der Waals surface area contributed by atoms with E-state index in [1.165, 1.54) is 34.9 Å². The fourth-order valence-corrected chi connectivity index (χ4v) is 3.09. The van der Waals surface area contributed by atoms with E-state index in [4.69, 9.17) is 5.11 Å². The molecule has 1 aliphatic carbocycles. The number of rotatable bonds is 8. The number of benzene rings is 2. The Bertz CT molecular complexity index is 855. The Morgan fingerprint density at radius 2 is 2.08 bits per heavy atom. The van der Waals surface area contributed by atoms with E-state index in [0.717, 1.165) is 19.4 Å². The van der Waals surface area contributed by atoms with E-state index >= 15 is 0 Å². The van der Waals surface area contributed by atoms with Crippen LogP contribution in [0.4, 0.5) is 4.39 Å². The SMILES string of the molecule is O=C(/C=C/c1ccc(CNCCC2=CCc3ccccc32)c(F)c1)CO. The summed E-state index contributed by atoms with van der Waals surface area (Å²) in [5.74, 6) is -0.708. The second-order valence-electron chi connectivity index (χ2n) is 6.33. The Morgan fingerprint density at radius 3 is 2.88 bits per heavy atom. The molecule has 3 nitrogen and oxygen atoms in total. The summed E-state index contributed by atoms with van der Waals surface area (Å²) in [6.07, 6.45) is 6.93. The van der Waals surface area contributed by atoms with Gasteiger partial charge in [-0.05, 0) is 53.8 Å². The van der Waals surface area contributed by atoms with Crippen molar-refractivity contribution in [1.82, 2.24) is 5.32 Å². The quantitative estimate of drug-likeness (QED) is 0.565. The van der Waals surface area contributed by atoms with Crippen LogP contribution >= 0.6 is 0 Å². The Kier molecular flexibility index (Phi) is 6.10. The van der Waals surface area contributed by atoms with Gasteiger partial charge in [0.2, 0.25) is 0 Å². The van der Waals surface area contributed by atoms with Gasteiger partial charge in [0.1, 0.15) is 12.4 Å². The molecule has 0 atom stereocenters. The lowest BCUT2D eigenvalue weighted by Gasteiger charge is -2.09. The van der Waals surface area contributed by atoms with Crippen molar-refractivity contribution in [2.75, 3.05) is 13.2 Å². The third-order valence-corrected chi connectivity index (χ3v) is 4.51. The highest BCUT2D eigenvalue weighted by atomic mass is 19.1. The largest absolute Gasteiger partial charge is 0.388 e. The molecule has 4 heteroatoms. The lowest BCUT2D eigenvalue weighted by atomic mass is 10.0. The molecule has 3 rings (SSSR count). The van der Waals surface area contributed by atoms with Crippen molar-refractivity contribution in [2.24, 2.45) is 0 Å². The highest BCUT2D eigenvalue weighted by Crippen LogP contribution is 2.29. The summed E-state index contributed by atoms with van der Waals surface area (Å²) in [7, 11) is 0. The predicted octanol–water partition coefficient (Wildman–Crippen LogP) is 3.52. The van der Waals surface area contributed by atoms with Gasteiger partial charge in [-0.1, -0.05) is 48.6 Å². The molecule has 0 saturated carbocycles. The molecule has 2 aromatic rings. The number of allylic oxidation sites excluding steroid dienone is 1. The lowest BCUT2D eigenvalue weighted by Crippen LogP contribution is -2.16. The van der Waals surface area contributed by atoms with Gasteiger partial charge in [0.25, 0.3) is 0 Å². The molecule has 0 unspecified atom stereocenters. The van der Waals surface area contributed by atoms with Crippen LogP contribution in [0.5, 0.6) is 0 Å². The first-order valence-electron chi connectivity index (χ1n) is 8.75. The number of aliphatic hydroxyl groups excluding tert-OH is 1. The topological polar surface area (TPSA) is 49.3 Å². The van der Waals surface area contributed by atoms with Gasteiger partial charge in [0.15, 0.2) is 5.78 Å². The van der Waals surface area contributed by atoms with E-state index in [2.05, 4.69) is 35.7 Å². The minimum absolute atomic E-state index is 0.304. The van der Waals surface area contributed by atoms with Crippen LogP contribution in [-0.4, -0.2) is 24.0 Å². The van der Waals surface area contributed by atoms with Crippen molar-refractivity contribution in [1.29, 1.82) is 0 Å². The molecule has 26 heavy (non-hydrogen) atoms. The summed E-state index contributed by atoms with van der Waals surface area (Å²) in [6.45, 7) is 0.703. The molecule has 2 N–H and O–H groups in total. The maximum Gasteiger partial charge on any atom is 0.181 e. The smallest absolute Gasteiger partial charge is 0.181 e. The molecule has 2 aromatic carbocycles. The van der Waals surface area contributed by atoms with E-state index in [0.29, 0.717) is 17.7 Å². The normalized spacial score (nSPS) is 13.1. The Hall–Kier alpha value is -2.56. The van der Waals surface area contributed by atoms with Gasteiger partial charge in [-0.2, -0.15) is 0 Å². The molecule has 0 bridgehead atoms. The fraction of sp³-hybridized carbons (Fsp3) is 0.227. The van der Waals surface area contributed by atoms with E-state index < -0.39 is 12.4 Å². The molecule has 0 fully saturated rings. The summed E-state index contributed by atoms with van der Waals surface area (Å²) in [4.78, 5) is 11.1. The van der Waals surface area contributed by atoms with Crippen molar-refractivity contribution in [3.8, 4) is 0 Å². The Balaban J connectivity index is 1.50. The van der Waals surface area contributed by atoms with E-state index in [-0.39, 0.29) is 5.82 Å². The third-order valence-electron chi connectivity index (χ3n) is 4.51. The van der Waals surface area contributed by atoms with E-state index in [9.17, 15) is 9.18 Å². The maximum absolute atomic E-state index is 14.2. The Labute approximate surface area is 152 Å². The molecule has 1 aliphatic rings. The number of nitrogens with one attached hydrogen (secondary N) is 1.